The van der Waals surface area contributed by atoms with Crippen molar-refractivity contribution in [3.63, 3.8) is 0 Å². The van der Waals surface area contributed by atoms with Crippen molar-refractivity contribution >= 4 is 11.0 Å². The molecular weight excluding hydrogens is 450 g/mol. The van der Waals surface area contributed by atoms with Crippen LogP contribution in [0, 0.1) is 13.8 Å². The highest BCUT2D eigenvalue weighted by molar-refractivity contribution is 5.86. The summed E-state index contributed by atoms with van der Waals surface area (Å²) in [6.45, 7) is 5.45. The molecule has 3 N–H and O–H groups in total. The van der Waals surface area contributed by atoms with E-state index in [2.05, 4.69) is 54.0 Å². The van der Waals surface area contributed by atoms with Crippen molar-refractivity contribution in [1.29, 1.82) is 0 Å². The van der Waals surface area contributed by atoms with E-state index in [4.69, 9.17) is 5.73 Å². The number of pyridine rings is 1. The number of benzene rings is 2. The molecule has 0 amide bonds. The van der Waals surface area contributed by atoms with Crippen molar-refractivity contribution in [2.75, 3.05) is 13.6 Å². The average molecular weight is 484 g/mol. The first-order chi connectivity index (χ1) is 17.2. The lowest BCUT2D eigenvalue weighted by molar-refractivity contribution is 0.242. The van der Waals surface area contributed by atoms with E-state index in [1.165, 1.54) is 10.9 Å². The second kappa shape index (κ2) is 9.48. The molecule has 7 nitrogen and oxygen atoms in total. The van der Waals surface area contributed by atoms with E-state index in [-0.39, 0.29) is 16.8 Å². The zero-order valence-corrected chi connectivity index (χ0v) is 21.2. The molecule has 0 spiro atoms. The molecule has 0 atom stereocenters. The smallest absolute Gasteiger partial charge is 0.267 e. The van der Waals surface area contributed by atoms with Crippen LogP contribution in [-0.4, -0.2) is 43.7 Å². The molecule has 5 rings (SSSR count). The summed E-state index contributed by atoms with van der Waals surface area (Å²) in [4.78, 5) is 25.3. The summed E-state index contributed by atoms with van der Waals surface area (Å²) in [5.74, 6) is 0.0892. The first-order valence-corrected chi connectivity index (χ1v) is 12.5. The number of aromatic nitrogens is 3. The van der Waals surface area contributed by atoms with Crippen molar-refractivity contribution in [2.45, 2.75) is 51.6 Å². The third-order valence-corrected chi connectivity index (χ3v) is 7.15. The van der Waals surface area contributed by atoms with Crippen LogP contribution in [0.2, 0.25) is 0 Å². The predicted octanol–water partition coefficient (Wildman–Crippen LogP) is 4.47. The maximum Gasteiger partial charge on any atom is 0.267 e. The fourth-order valence-corrected chi connectivity index (χ4v) is 5.62. The lowest BCUT2D eigenvalue weighted by Gasteiger charge is -2.30. The molecule has 1 aliphatic carbocycles. The molecule has 7 heteroatoms. The summed E-state index contributed by atoms with van der Waals surface area (Å²) >= 11 is 0. The van der Waals surface area contributed by atoms with Gasteiger partial charge in [-0.25, -0.2) is 9.97 Å². The molecule has 1 saturated carbocycles. The standard InChI is InChI=1S/C29H33N5O2/c1-19-11-20(2)13-21(12-19)24-15-31-27-26(25(24)16-33(3)17-29(30)9-4-5-10-29)28(36)34(18-32-27)22-7-6-8-23(35)14-22/h6-8,11-15,18,35H,4-5,9-10,16-17,30H2,1-3H3. The Hall–Kier alpha value is -3.55. The highest BCUT2D eigenvalue weighted by Gasteiger charge is 2.31. The van der Waals surface area contributed by atoms with Gasteiger partial charge in [0.2, 0.25) is 0 Å². The van der Waals surface area contributed by atoms with E-state index in [1.807, 2.05) is 6.20 Å². The highest BCUT2D eigenvalue weighted by Crippen LogP contribution is 2.32. The fraction of sp³-hybridized carbons (Fsp3) is 0.345. The van der Waals surface area contributed by atoms with Gasteiger partial charge in [-0.15, -0.1) is 0 Å². The van der Waals surface area contributed by atoms with Crippen molar-refractivity contribution < 1.29 is 5.11 Å². The van der Waals surface area contributed by atoms with Gasteiger partial charge in [0.25, 0.3) is 5.56 Å². The number of rotatable bonds is 6. The SMILES string of the molecule is Cc1cc(C)cc(-c2cnc3ncn(-c4cccc(O)c4)c(=O)c3c2CN(C)CC2(N)CCCC2)c1. The van der Waals surface area contributed by atoms with Crippen LogP contribution in [0.15, 0.2) is 59.8 Å². The van der Waals surface area contributed by atoms with E-state index in [9.17, 15) is 9.90 Å². The van der Waals surface area contributed by atoms with Gasteiger partial charge in [-0.2, -0.15) is 0 Å². The largest absolute Gasteiger partial charge is 0.508 e. The van der Waals surface area contributed by atoms with Gasteiger partial charge < -0.3 is 15.7 Å². The van der Waals surface area contributed by atoms with Crippen LogP contribution >= 0.6 is 0 Å². The molecule has 1 fully saturated rings. The molecule has 2 heterocycles. The Labute approximate surface area is 211 Å². The van der Waals surface area contributed by atoms with Crippen LogP contribution in [0.5, 0.6) is 5.75 Å². The Balaban J connectivity index is 1.70. The van der Waals surface area contributed by atoms with Gasteiger partial charge >= 0.3 is 0 Å². The van der Waals surface area contributed by atoms with Crippen molar-refractivity contribution in [3.05, 3.63) is 82.0 Å². The molecule has 36 heavy (non-hydrogen) atoms. The van der Waals surface area contributed by atoms with Crippen LogP contribution in [0.4, 0.5) is 0 Å². The number of nitrogens with zero attached hydrogens (tertiary/aromatic N) is 4. The van der Waals surface area contributed by atoms with Crippen LogP contribution < -0.4 is 11.3 Å². The normalized spacial score (nSPS) is 15.1. The molecule has 4 aromatic rings. The number of aromatic hydroxyl groups is 1. The van der Waals surface area contributed by atoms with E-state index in [1.54, 1.807) is 24.3 Å². The number of hydrogen-bond donors (Lipinski definition) is 2. The predicted molar refractivity (Wildman–Crippen MR) is 143 cm³/mol. The number of fused-ring (bicyclic) bond motifs is 1. The summed E-state index contributed by atoms with van der Waals surface area (Å²) in [5.41, 5.74) is 12.4. The van der Waals surface area contributed by atoms with Crippen LogP contribution in [-0.2, 0) is 6.54 Å². The van der Waals surface area contributed by atoms with Gasteiger partial charge in [0.15, 0.2) is 5.65 Å². The van der Waals surface area contributed by atoms with Gasteiger partial charge in [-0.1, -0.05) is 48.2 Å². The molecule has 0 saturated heterocycles. The minimum Gasteiger partial charge on any atom is -0.508 e. The van der Waals surface area contributed by atoms with Crippen molar-refractivity contribution in [2.24, 2.45) is 5.73 Å². The van der Waals surface area contributed by atoms with Gasteiger partial charge in [0, 0.05) is 36.5 Å². The Morgan fingerprint density at radius 1 is 1.08 bits per heavy atom. The summed E-state index contributed by atoms with van der Waals surface area (Å²) in [7, 11) is 2.06. The molecule has 0 bridgehead atoms. The number of likely N-dealkylation sites (N-methyl/N-ethyl adjacent to an activating group) is 1. The van der Waals surface area contributed by atoms with E-state index >= 15 is 0 Å². The summed E-state index contributed by atoms with van der Waals surface area (Å²) in [6.07, 6.45) is 7.67. The topological polar surface area (TPSA) is 97.3 Å². The number of nitrogens with two attached hydrogens (primary N) is 1. The van der Waals surface area contributed by atoms with Gasteiger partial charge in [-0.3, -0.25) is 9.36 Å². The maximum atomic E-state index is 13.9. The second-order valence-electron chi connectivity index (χ2n) is 10.4. The van der Waals surface area contributed by atoms with Gasteiger partial charge in [-0.05, 0) is 57.0 Å². The first-order valence-electron chi connectivity index (χ1n) is 12.5. The molecule has 186 valence electrons. The molecule has 1 aliphatic rings. The maximum absolute atomic E-state index is 13.9. The third-order valence-electron chi connectivity index (χ3n) is 7.15. The summed E-state index contributed by atoms with van der Waals surface area (Å²) in [5, 5.41) is 10.5. The lowest BCUT2D eigenvalue weighted by atomic mass is 9.95. The number of hydrogen-bond acceptors (Lipinski definition) is 6. The van der Waals surface area contributed by atoms with Crippen LogP contribution in [0.1, 0.15) is 42.4 Å². The van der Waals surface area contributed by atoms with Crippen molar-refractivity contribution in [3.8, 4) is 22.6 Å². The fourth-order valence-electron chi connectivity index (χ4n) is 5.62. The van der Waals surface area contributed by atoms with Gasteiger partial charge in [0.1, 0.15) is 12.1 Å². The molecule has 0 radical (unpaired) electrons. The quantitative estimate of drug-likeness (QED) is 0.420. The molecule has 2 aromatic carbocycles. The number of phenols is 1. The number of aryl methyl sites for hydroxylation is 2. The second-order valence-corrected chi connectivity index (χ2v) is 10.4. The zero-order chi connectivity index (χ0) is 25.4. The lowest BCUT2D eigenvalue weighted by Crippen LogP contribution is -2.46. The molecule has 0 aliphatic heterocycles. The molecular formula is C29H33N5O2. The minimum atomic E-state index is -0.212. The van der Waals surface area contributed by atoms with Crippen LogP contribution in [0.25, 0.3) is 27.8 Å². The Kier molecular flexibility index (Phi) is 6.36. The Bertz CT molecular complexity index is 1470. The summed E-state index contributed by atoms with van der Waals surface area (Å²) in [6, 6.07) is 13.0. The van der Waals surface area contributed by atoms with E-state index in [0.717, 1.165) is 60.0 Å². The third kappa shape index (κ3) is 4.76. The highest BCUT2D eigenvalue weighted by atomic mass is 16.3. The molecule has 0 unspecified atom stereocenters. The average Bonchev–Trinajstić information content (AvgIpc) is 3.24. The van der Waals surface area contributed by atoms with Gasteiger partial charge in [0.05, 0.1) is 11.1 Å². The monoisotopic (exact) mass is 483 g/mol. The van der Waals surface area contributed by atoms with E-state index < -0.39 is 0 Å². The summed E-state index contributed by atoms with van der Waals surface area (Å²) < 4.78 is 1.47. The first kappa shape index (κ1) is 24.2. The zero-order valence-electron chi connectivity index (χ0n) is 21.2. The minimum absolute atomic E-state index is 0.0892. The number of phenolic OH excluding ortho intramolecular Hbond substituents is 1. The van der Waals surface area contributed by atoms with Crippen molar-refractivity contribution in [1.82, 2.24) is 19.4 Å². The van der Waals surface area contributed by atoms with Crippen LogP contribution in [0.3, 0.4) is 0 Å². The Morgan fingerprint density at radius 2 is 1.81 bits per heavy atom. The van der Waals surface area contributed by atoms with E-state index in [0.29, 0.717) is 23.3 Å². The molecule has 2 aromatic heterocycles. The Morgan fingerprint density at radius 3 is 2.50 bits per heavy atom.